The molecule has 0 radical (unpaired) electrons. The van der Waals surface area contributed by atoms with Crippen molar-refractivity contribution >= 4 is 11.4 Å². The minimum atomic E-state index is 0.743. The van der Waals surface area contributed by atoms with Crippen molar-refractivity contribution < 1.29 is 4.74 Å². The van der Waals surface area contributed by atoms with Crippen molar-refractivity contribution in [2.75, 3.05) is 6.61 Å². The molecule has 0 amide bonds. The third-order valence-electron chi connectivity index (χ3n) is 4.65. The van der Waals surface area contributed by atoms with E-state index in [2.05, 4.69) is 30.1 Å². The van der Waals surface area contributed by atoms with Crippen LogP contribution in [-0.4, -0.2) is 6.61 Å². The highest BCUT2D eigenvalue weighted by Gasteiger charge is 2.02. The van der Waals surface area contributed by atoms with Crippen LogP contribution < -0.4 is 4.74 Å². The molecule has 146 valence electrons. The lowest BCUT2D eigenvalue weighted by molar-refractivity contribution is 0.305. The largest absolute Gasteiger partial charge is 0.491 e. The molecule has 3 heteroatoms. The first-order valence-electron chi connectivity index (χ1n) is 10.5. The average Bonchev–Trinajstić information content (AvgIpc) is 2.68. The van der Waals surface area contributed by atoms with Gasteiger partial charge in [0.05, 0.1) is 12.3 Å². The number of ether oxygens (including phenoxy) is 1. The molecule has 0 aliphatic heterocycles. The Labute approximate surface area is 164 Å². The average molecular weight is 367 g/mol. The molecule has 0 fully saturated rings. The van der Waals surface area contributed by atoms with Crippen LogP contribution >= 0.6 is 0 Å². The van der Waals surface area contributed by atoms with Gasteiger partial charge in [0.2, 0.25) is 0 Å². The summed E-state index contributed by atoms with van der Waals surface area (Å²) in [5.41, 5.74) is 2.83. The molecule has 0 saturated heterocycles. The smallest absolute Gasteiger partial charge is 0.146 e. The van der Waals surface area contributed by atoms with Crippen molar-refractivity contribution in [1.29, 1.82) is 0 Å². The van der Waals surface area contributed by atoms with Crippen molar-refractivity contribution in [3.05, 3.63) is 54.1 Å². The van der Waals surface area contributed by atoms with Crippen molar-refractivity contribution in [3.63, 3.8) is 0 Å². The van der Waals surface area contributed by atoms with Crippen LogP contribution in [0.3, 0.4) is 0 Å². The monoisotopic (exact) mass is 366 g/mol. The molecule has 27 heavy (non-hydrogen) atoms. The second-order valence-corrected chi connectivity index (χ2v) is 7.18. The second kappa shape index (κ2) is 13.1. The van der Waals surface area contributed by atoms with Gasteiger partial charge in [0.15, 0.2) is 0 Å². The van der Waals surface area contributed by atoms with E-state index in [1.165, 1.54) is 56.9 Å². The van der Waals surface area contributed by atoms with E-state index >= 15 is 0 Å². The molecule has 0 aliphatic carbocycles. The van der Waals surface area contributed by atoms with Crippen LogP contribution in [0.2, 0.25) is 0 Å². The molecular weight excluding hydrogens is 332 g/mol. The Kier molecular flexibility index (Phi) is 10.2. The summed E-state index contributed by atoms with van der Waals surface area (Å²) in [7, 11) is 0. The van der Waals surface area contributed by atoms with Crippen LogP contribution in [-0.2, 0) is 0 Å². The number of nitrogens with zero attached hydrogens (tertiary/aromatic N) is 2. The Morgan fingerprint density at radius 1 is 0.741 bits per heavy atom. The second-order valence-electron chi connectivity index (χ2n) is 7.18. The molecule has 0 atom stereocenters. The molecule has 0 aliphatic rings. The summed E-state index contributed by atoms with van der Waals surface area (Å²) in [5.74, 6) is 0.813. The lowest BCUT2D eigenvalue weighted by Crippen LogP contribution is -1.97. The SMILES string of the molecule is CCCCCCCCCCCOc1ccccc1N=Nc1cccc(C)c1. The van der Waals surface area contributed by atoms with Gasteiger partial charge in [-0.05, 0) is 43.2 Å². The number of para-hydroxylation sites is 1. The van der Waals surface area contributed by atoms with Gasteiger partial charge in [0.25, 0.3) is 0 Å². The standard InChI is InChI=1S/C24H34N2O/c1-3-4-5-6-7-8-9-10-13-19-27-24-18-12-11-17-23(24)26-25-22-16-14-15-21(2)20-22/h11-12,14-18,20H,3-10,13,19H2,1-2H3. The number of rotatable bonds is 13. The highest BCUT2D eigenvalue weighted by molar-refractivity contribution is 5.51. The summed E-state index contributed by atoms with van der Waals surface area (Å²) in [6, 6.07) is 15.9. The Balaban J connectivity index is 1.70. The normalized spacial score (nSPS) is 11.2. The molecule has 3 nitrogen and oxygen atoms in total. The molecular formula is C24H34N2O. The van der Waals surface area contributed by atoms with E-state index in [1.807, 2.05) is 42.5 Å². The van der Waals surface area contributed by atoms with E-state index in [0.29, 0.717) is 0 Å². The zero-order valence-corrected chi connectivity index (χ0v) is 17.0. The summed E-state index contributed by atoms with van der Waals surface area (Å²) in [5, 5.41) is 8.72. The Morgan fingerprint density at radius 3 is 2.19 bits per heavy atom. The van der Waals surface area contributed by atoms with E-state index in [1.54, 1.807) is 0 Å². The first-order valence-corrected chi connectivity index (χ1v) is 10.5. The Morgan fingerprint density at radius 2 is 1.44 bits per heavy atom. The lowest BCUT2D eigenvalue weighted by Gasteiger charge is -2.08. The maximum absolute atomic E-state index is 5.96. The summed E-state index contributed by atoms with van der Waals surface area (Å²) < 4.78 is 5.96. The molecule has 2 aromatic rings. The molecule has 0 N–H and O–H groups in total. The van der Waals surface area contributed by atoms with E-state index in [9.17, 15) is 0 Å². The number of hydrogen-bond donors (Lipinski definition) is 0. The van der Waals surface area contributed by atoms with Crippen molar-refractivity contribution in [2.24, 2.45) is 10.2 Å². The van der Waals surface area contributed by atoms with Crippen LogP contribution in [0.5, 0.6) is 5.75 Å². The number of benzene rings is 2. The zero-order valence-electron chi connectivity index (χ0n) is 17.0. The maximum Gasteiger partial charge on any atom is 0.146 e. The molecule has 2 aromatic carbocycles. The third kappa shape index (κ3) is 8.85. The summed E-state index contributed by atoms with van der Waals surface area (Å²) in [4.78, 5) is 0. The molecule has 0 unspecified atom stereocenters. The Bertz CT molecular complexity index is 682. The maximum atomic E-state index is 5.96. The predicted octanol–water partition coefficient (Wildman–Crippen LogP) is 8.32. The van der Waals surface area contributed by atoms with Gasteiger partial charge in [-0.1, -0.05) is 82.6 Å². The fourth-order valence-electron chi connectivity index (χ4n) is 3.06. The number of azo groups is 1. The van der Waals surface area contributed by atoms with Crippen molar-refractivity contribution in [2.45, 2.75) is 71.6 Å². The van der Waals surface area contributed by atoms with Gasteiger partial charge in [-0.3, -0.25) is 0 Å². The number of unbranched alkanes of at least 4 members (excludes halogenated alkanes) is 8. The zero-order chi connectivity index (χ0) is 19.2. The fourth-order valence-corrected chi connectivity index (χ4v) is 3.06. The van der Waals surface area contributed by atoms with Gasteiger partial charge in [-0.2, -0.15) is 5.11 Å². The molecule has 0 saturated carbocycles. The first kappa shape index (κ1) is 21.1. The minimum Gasteiger partial charge on any atom is -0.491 e. The van der Waals surface area contributed by atoms with Gasteiger partial charge >= 0.3 is 0 Å². The van der Waals surface area contributed by atoms with Crippen LogP contribution in [0.4, 0.5) is 11.4 Å². The molecule has 0 heterocycles. The van der Waals surface area contributed by atoms with E-state index in [4.69, 9.17) is 4.74 Å². The van der Waals surface area contributed by atoms with Gasteiger partial charge in [-0.25, -0.2) is 0 Å². The van der Waals surface area contributed by atoms with Gasteiger partial charge < -0.3 is 4.74 Å². The predicted molar refractivity (Wildman–Crippen MR) is 115 cm³/mol. The van der Waals surface area contributed by atoms with Gasteiger partial charge in [-0.15, -0.1) is 5.11 Å². The third-order valence-corrected chi connectivity index (χ3v) is 4.65. The van der Waals surface area contributed by atoms with Crippen LogP contribution in [0, 0.1) is 6.92 Å². The highest BCUT2D eigenvalue weighted by Crippen LogP contribution is 2.29. The van der Waals surface area contributed by atoms with Crippen LogP contribution in [0.15, 0.2) is 58.8 Å². The van der Waals surface area contributed by atoms with Crippen LogP contribution in [0.25, 0.3) is 0 Å². The summed E-state index contributed by atoms with van der Waals surface area (Å²) in [6.45, 7) is 5.07. The molecule has 0 aromatic heterocycles. The molecule has 0 spiro atoms. The summed E-state index contributed by atoms with van der Waals surface area (Å²) in [6.07, 6.45) is 11.9. The lowest BCUT2D eigenvalue weighted by atomic mass is 10.1. The minimum absolute atomic E-state index is 0.743. The summed E-state index contributed by atoms with van der Waals surface area (Å²) >= 11 is 0. The highest BCUT2D eigenvalue weighted by atomic mass is 16.5. The van der Waals surface area contributed by atoms with Gasteiger partial charge in [0, 0.05) is 0 Å². The van der Waals surface area contributed by atoms with Gasteiger partial charge in [0.1, 0.15) is 11.4 Å². The van der Waals surface area contributed by atoms with Crippen LogP contribution in [0.1, 0.15) is 70.3 Å². The fraction of sp³-hybridized carbons (Fsp3) is 0.500. The quantitative estimate of drug-likeness (QED) is 0.259. The first-order chi connectivity index (χ1) is 13.3. The topological polar surface area (TPSA) is 34.0 Å². The molecule has 2 rings (SSSR count). The number of hydrogen-bond acceptors (Lipinski definition) is 3. The van der Waals surface area contributed by atoms with Crippen molar-refractivity contribution in [1.82, 2.24) is 0 Å². The molecule has 0 bridgehead atoms. The number of aryl methyl sites for hydroxylation is 1. The van der Waals surface area contributed by atoms with E-state index in [0.717, 1.165) is 30.2 Å². The Hall–Kier alpha value is -2.16. The van der Waals surface area contributed by atoms with E-state index < -0.39 is 0 Å². The van der Waals surface area contributed by atoms with E-state index in [-0.39, 0.29) is 0 Å². The van der Waals surface area contributed by atoms with Crippen molar-refractivity contribution in [3.8, 4) is 5.75 Å².